The van der Waals surface area contributed by atoms with Crippen LogP contribution in [0.4, 0.5) is 0 Å². The molecule has 0 aliphatic heterocycles. The molecule has 0 aromatic rings. The predicted octanol–water partition coefficient (Wildman–Crippen LogP) is 3.95. The SMILES string of the molecule is C=C[C@@]1(C)CC[C@@]2(C)[C@@H](C[C@@H](O)[C@]3(C)C(=C)C(=O)C(O)=C[C@H]23)C1. The third kappa shape index (κ3) is 2.02. The molecule has 0 amide bonds. The molecule has 3 aliphatic rings. The molecule has 6 atom stereocenters. The lowest BCUT2D eigenvalue weighted by Crippen LogP contribution is -2.60. The van der Waals surface area contributed by atoms with Crippen LogP contribution in [0.5, 0.6) is 0 Å². The van der Waals surface area contributed by atoms with Gasteiger partial charge in [-0.3, -0.25) is 4.79 Å². The maximum atomic E-state index is 12.2. The summed E-state index contributed by atoms with van der Waals surface area (Å²) in [5, 5.41) is 21.0. The zero-order valence-corrected chi connectivity index (χ0v) is 14.4. The fourth-order valence-electron chi connectivity index (χ4n) is 5.40. The van der Waals surface area contributed by atoms with Gasteiger partial charge in [-0.1, -0.05) is 33.4 Å². The lowest BCUT2D eigenvalue weighted by Gasteiger charge is -2.62. The van der Waals surface area contributed by atoms with Crippen LogP contribution >= 0.6 is 0 Å². The molecule has 3 nitrogen and oxygen atoms in total. The van der Waals surface area contributed by atoms with Gasteiger partial charge in [0.25, 0.3) is 0 Å². The Morgan fingerprint density at radius 2 is 1.96 bits per heavy atom. The number of allylic oxidation sites excluding steroid dienone is 3. The first-order chi connectivity index (χ1) is 10.6. The number of Topliss-reactive ketones (excluding diaryl/α,β-unsaturated/α-hetero) is 1. The Labute approximate surface area is 138 Å². The van der Waals surface area contributed by atoms with Gasteiger partial charge in [0.2, 0.25) is 5.78 Å². The highest BCUT2D eigenvalue weighted by molar-refractivity contribution is 6.08. The Hall–Kier alpha value is -1.35. The number of hydrogen-bond donors (Lipinski definition) is 2. The normalized spacial score (nSPS) is 49.9. The van der Waals surface area contributed by atoms with Crippen molar-refractivity contribution in [3.8, 4) is 0 Å². The molecular formula is C20H28O3. The summed E-state index contributed by atoms with van der Waals surface area (Å²) in [4.78, 5) is 12.2. The number of hydrogen-bond acceptors (Lipinski definition) is 3. The monoisotopic (exact) mass is 316 g/mol. The first-order valence-corrected chi connectivity index (χ1v) is 8.55. The first kappa shape index (κ1) is 16.5. The minimum atomic E-state index is -0.684. The molecule has 3 rings (SSSR count). The van der Waals surface area contributed by atoms with E-state index in [0.29, 0.717) is 17.9 Å². The van der Waals surface area contributed by atoms with Crippen LogP contribution < -0.4 is 0 Å². The van der Waals surface area contributed by atoms with Crippen molar-refractivity contribution in [1.82, 2.24) is 0 Å². The minimum Gasteiger partial charge on any atom is -0.504 e. The van der Waals surface area contributed by atoms with Crippen LogP contribution in [0.15, 0.2) is 36.6 Å². The van der Waals surface area contributed by atoms with E-state index < -0.39 is 17.3 Å². The van der Waals surface area contributed by atoms with Crippen molar-refractivity contribution >= 4 is 5.78 Å². The van der Waals surface area contributed by atoms with Gasteiger partial charge >= 0.3 is 0 Å². The minimum absolute atomic E-state index is 0.0475. The molecule has 0 aromatic heterocycles. The maximum absolute atomic E-state index is 12.2. The molecule has 0 unspecified atom stereocenters. The van der Waals surface area contributed by atoms with Crippen molar-refractivity contribution in [3.05, 3.63) is 36.6 Å². The lowest BCUT2D eigenvalue weighted by molar-refractivity contribution is -0.143. The largest absolute Gasteiger partial charge is 0.504 e. The summed E-state index contributed by atoms with van der Waals surface area (Å²) < 4.78 is 0. The van der Waals surface area contributed by atoms with Crippen LogP contribution in [-0.4, -0.2) is 22.1 Å². The van der Waals surface area contributed by atoms with Gasteiger partial charge in [-0.2, -0.15) is 0 Å². The molecule has 0 spiro atoms. The highest BCUT2D eigenvalue weighted by Gasteiger charge is 2.62. The van der Waals surface area contributed by atoms with E-state index in [9.17, 15) is 15.0 Å². The smallest absolute Gasteiger partial charge is 0.223 e. The van der Waals surface area contributed by atoms with E-state index in [1.165, 1.54) is 0 Å². The Bertz CT molecular complexity index is 618. The number of ketones is 1. The average molecular weight is 316 g/mol. The van der Waals surface area contributed by atoms with Crippen LogP contribution in [-0.2, 0) is 4.79 Å². The second-order valence-electron chi connectivity index (χ2n) is 8.64. The Kier molecular flexibility index (Phi) is 3.46. The fourth-order valence-corrected chi connectivity index (χ4v) is 5.40. The molecular weight excluding hydrogens is 288 g/mol. The Morgan fingerprint density at radius 1 is 1.30 bits per heavy atom. The number of fused-ring (bicyclic) bond motifs is 3. The summed E-state index contributed by atoms with van der Waals surface area (Å²) in [6, 6.07) is 0. The molecule has 0 bridgehead atoms. The molecule has 126 valence electrons. The molecule has 0 radical (unpaired) electrons. The third-order valence-electron chi connectivity index (χ3n) is 7.41. The van der Waals surface area contributed by atoms with Crippen LogP contribution in [0.1, 0.15) is 46.5 Å². The van der Waals surface area contributed by atoms with E-state index in [4.69, 9.17) is 0 Å². The molecule has 0 heterocycles. The zero-order valence-electron chi connectivity index (χ0n) is 14.4. The molecule has 0 aromatic carbocycles. The van der Waals surface area contributed by atoms with Gasteiger partial charge in [-0.15, -0.1) is 6.58 Å². The summed E-state index contributed by atoms with van der Waals surface area (Å²) in [6.07, 6.45) is 6.84. The number of rotatable bonds is 1. The third-order valence-corrected chi connectivity index (χ3v) is 7.41. The number of aliphatic hydroxyl groups is 2. The number of carbonyl (C=O) groups is 1. The second kappa shape index (κ2) is 4.83. The van der Waals surface area contributed by atoms with E-state index in [1.807, 2.05) is 13.0 Å². The van der Waals surface area contributed by atoms with E-state index in [2.05, 4.69) is 27.0 Å². The van der Waals surface area contributed by atoms with E-state index in [0.717, 1.165) is 19.3 Å². The van der Waals surface area contributed by atoms with Gasteiger partial charge in [0.15, 0.2) is 5.76 Å². The second-order valence-corrected chi connectivity index (χ2v) is 8.64. The zero-order chi connectivity index (χ0) is 17.2. The first-order valence-electron chi connectivity index (χ1n) is 8.55. The van der Waals surface area contributed by atoms with Gasteiger partial charge in [0.05, 0.1) is 6.10 Å². The standard InChI is InChI=1S/C20H28O3/c1-6-18(3)7-8-19(4)13(11-18)9-16(22)20(5)12(2)17(23)14(21)10-15(19)20/h6,10,13,15-16,21-22H,1-2,7-9,11H2,3-5H3/t13-,15+,16+,18-,19-,20+/m0/s1. The summed E-state index contributed by atoms with van der Waals surface area (Å²) in [6.45, 7) is 14.4. The van der Waals surface area contributed by atoms with Gasteiger partial charge in [-0.05, 0) is 54.4 Å². The van der Waals surface area contributed by atoms with Crippen LogP contribution in [0.25, 0.3) is 0 Å². The average Bonchev–Trinajstić information content (AvgIpc) is 2.51. The summed E-state index contributed by atoms with van der Waals surface area (Å²) in [5.41, 5.74) is -0.276. The Morgan fingerprint density at radius 3 is 2.57 bits per heavy atom. The summed E-state index contributed by atoms with van der Waals surface area (Å²) in [5.74, 6) is -0.346. The molecule has 2 N–H and O–H groups in total. The van der Waals surface area contributed by atoms with Crippen molar-refractivity contribution in [2.45, 2.75) is 52.6 Å². The maximum Gasteiger partial charge on any atom is 0.223 e. The lowest BCUT2D eigenvalue weighted by atomic mass is 9.42. The highest BCUT2D eigenvalue weighted by Crippen LogP contribution is 2.65. The fraction of sp³-hybridized carbons (Fsp3) is 0.650. The van der Waals surface area contributed by atoms with E-state index >= 15 is 0 Å². The molecule has 3 heteroatoms. The van der Waals surface area contributed by atoms with Crippen molar-refractivity contribution in [3.63, 3.8) is 0 Å². The van der Waals surface area contributed by atoms with Crippen LogP contribution in [0.3, 0.4) is 0 Å². The van der Waals surface area contributed by atoms with Crippen LogP contribution in [0, 0.1) is 28.1 Å². The van der Waals surface area contributed by atoms with Crippen molar-refractivity contribution < 1.29 is 15.0 Å². The van der Waals surface area contributed by atoms with Crippen molar-refractivity contribution in [2.75, 3.05) is 0 Å². The van der Waals surface area contributed by atoms with Gasteiger partial charge in [0, 0.05) is 11.0 Å². The van der Waals surface area contributed by atoms with Crippen LogP contribution in [0.2, 0.25) is 0 Å². The number of carbonyl (C=O) groups excluding carboxylic acids is 1. The topological polar surface area (TPSA) is 57.5 Å². The van der Waals surface area contributed by atoms with Gasteiger partial charge in [0.1, 0.15) is 0 Å². The highest BCUT2D eigenvalue weighted by atomic mass is 16.3. The summed E-state index contributed by atoms with van der Waals surface area (Å²) in [7, 11) is 0. The van der Waals surface area contributed by atoms with Crippen molar-refractivity contribution in [2.24, 2.45) is 28.1 Å². The molecule has 23 heavy (non-hydrogen) atoms. The summed E-state index contributed by atoms with van der Waals surface area (Å²) >= 11 is 0. The molecule has 0 saturated heterocycles. The molecule has 3 aliphatic carbocycles. The molecule has 2 saturated carbocycles. The number of aliphatic hydroxyl groups excluding tert-OH is 2. The predicted molar refractivity (Wildman–Crippen MR) is 90.8 cm³/mol. The van der Waals surface area contributed by atoms with E-state index in [-0.39, 0.29) is 22.5 Å². The van der Waals surface area contributed by atoms with Crippen molar-refractivity contribution in [1.29, 1.82) is 0 Å². The quantitative estimate of drug-likeness (QED) is 0.569. The Balaban J connectivity index is 2.09. The van der Waals surface area contributed by atoms with Gasteiger partial charge < -0.3 is 10.2 Å². The molecule has 2 fully saturated rings. The van der Waals surface area contributed by atoms with Gasteiger partial charge in [-0.25, -0.2) is 0 Å². The van der Waals surface area contributed by atoms with E-state index in [1.54, 1.807) is 6.08 Å².